The summed E-state index contributed by atoms with van der Waals surface area (Å²) in [7, 11) is 7.20. The number of ether oxygens (including phenoxy) is 2. The minimum absolute atomic E-state index is 0.0739. The van der Waals surface area contributed by atoms with Gasteiger partial charge >= 0.3 is 0 Å². The minimum atomic E-state index is 0.0739. The van der Waals surface area contributed by atoms with Crippen LogP contribution in [0.2, 0.25) is 0 Å². The number of methoxy groups -OCH3 is 2. The summed E-state index contributed by atoms with van der Waals surface area (Å²) in [6, 6.07) is 9.57. The molecule has 25 heavy (non-hydrogen) atoms. The zero-order valence-electron chi connectivity index (χ0n) is 15.2. The SMILES string of the molecule is COc1ccc(CN=C(N)NCC(c2ccco2)N(C)C)cc1OC. The van der Waals surface area contributed by atoms with Crippen LogP contribution in [0.1, 0.15) is 17.4 Å². The van der Waals surface area contributed by atoms with Crippen LogP contribution in [0.25, 0.3) is 0 Å². The van der Waals surface area contributed by atoms with Crippen molar-refractivity contribution < 1.29 is 13.9 Å². The number of benzene rings is 1. The molecule has 136 valence electrons. The number of likely N-dealkylation sites (N-methyl/N-ethyl adjacent to an activating group) is 1. The van der Waals surface area contributed by atoms with Crippen LogP contribution in [0, 0.1) is 0 Å². The Morgan fingerprint density at radius 3 is 2.60 bits per heavy atom. The lowest BCUT2D eigenvalue weighted by molar-refractivity contribution is 0.258. The molecule has 0 aliphatic rings. The van der Waals surface area contributed by atoms with Crippen molar-refractivity contribution >= 4 is 5.96 Å². The molecule has 0 amide bonds. The highest BCUT2D eigenvalue weighted by Crippen LogP contribution is 2.27. The molecule has 0 saturated heterocycles. The van der Waals surface area contributed by atoms with Gasteiger partial charge in [-0.3, -0.25) is 4.90 Å². The summed E-state index contributed by atoms with van der Waals surface area (Å²) in [5.74, 6) is 2.62. The zero-order chi connectivity index (χ0) is 18.2. The Kier molecular flexibility index (Phi) is 6.71. The fourth-order valence-electron chi connectivity index (χ4n) is 2.43. The molecule has 1 aromatic heterocycles. The first-order valence-corrected chi connectivity index (χ1v) is 7.99. The third-order valence-electron chi connectivity index (χ3n) is 3.85. The van der Waals surface area contributed by atoms with E-state index in [9.17, 15) is 0 Å². The van der Waals surface area contributed by atoms with E-state index in [4.69, 9.17) is 19.6 Å². The van der Waals surface area contributed by atoms with Gasteiger partial charge in [0.15, 0.2) is 17.5 Å². The van der Waals surface area contributed by atoms with E-state index in [1.165, 1.54) is 0 Å². The van der Waals surface area contributed by atoms with Gasteiger partial charge in [-0.2, -0.15) is 0 Å². The second-order valence-electron chi connectivity index (χ2n) is 5.77. The maximum Gasteiger partial charge on any atom is 0.188 e. The summed E-state index contributed by atoms with van der Waals surface area (Å²) in [6.45, 7) is 1.05. The van der Waals surface area contributed by atoms with E-state index < -0.39 is 0 Å². The molecule has 1 unspecified atom stereocenters. The van der Waals surface area contributed by atoms with E-state index in [1.54, 1.807) is 20.5 Å². The van der Waals surface area contributed by atoms with Gasteiger partial charge in [-0.25, -0.2) is 4.99 Å². The van der Waals surface area contributed by atoms with E-state index in [-0.39, 0.29) is 6.04 Å². The second kappa shape index (κ2) is 8.98. The largest absolute Gasteiger partial charge is 0.493 e. The standard InChI is InChI=1S/C18H26N4O3/c1-22(2)14(15-6-5-9-25-15)12-21-18(19)20-11-13-7-8-16(23-3)17(10-13)24-4/h5-10,14H,11-12H2,1-4H3,(H3,19,20,21). The summed E-state index contributed by atoms with van der Waals surface area (Å²) in [4.78, 5) is 6.44. The highest BCUT2D eigenvalue weighted by atomic mass is 16.5. The molecule has 0 bridgehead atoms. The lowest BCUT2D eigenvalue weighted by Crippen LogP contribution is -2.38. The van der Waals surface area contributed by atoms with Crippen LogP contribution in [-0.2, 0) is 6.54 Å². The van der Waals surface area contributed by atoms with Gasteiger partial charge in [0.05, 0.1) is 33.1 Å². The first-order valence-electron chi connectivity index (χ1n) is 7.99. The summed E-state index contributed by atoms with van der Waals surface area (Å²) in [5, 5.41) is 3.14. The number of hydrogen-bond acceptors (Lipinski definition) is 5. The van der Waals surface area contributed by atoms with E-state index in [0.717, 1.165) is 11.3 Å². The summed E-state index contributed by atoms with van der Waals surface area (Å²) in [6.07, 6.45) is 1.67. The van der Waals surface area contributed by atoms with Gasteiger partial charge in [0, 0.05) is 6.54 Å². The first kappa shape index (κ1) is 18.7. The van der Waals surface area contributed by atoms with Gasteiger partial charge in [0.1, 0.15) is 5.76 Å². The summed E-state index contributed by atoms with van der Waals surface area (Å²) >= 11 is 0. The van der Waals surface area contributed by atoms with Gasteiger partial charge in [-0.05, 0) is 43.9 Å². The number of rotatable bonds is 8. The minimum Gasteiger partial charge on any atom is -0.493 e. The first-order chi connectivity index (χ1) is 12.0. The smallest absolute Gasteiger partial charge is 0.188 e. The number of nitrogens with one attached hydrogen (secondary N) is 1. The van der Waals surface area contributed by atoms with Crippen molar-refractivity contribution in [2.45, 2.75) is 12.6 Å². The van der Waals surface area contributed by atoms with Crippen LogP contribution >= 0.6 is 0 Å². The molecule has 0 aliphatic heterocycles. The molecule has 0 aliphatic carbocycles. The monoisotopic (exact) mass is 346 g/mol. The van der Waals surface area contributed by atoms with Crippen molar-refractivity contribution in [1.29, 1.82) is 0 Å². The lowest BCUT2D eigenvalue weighted by atomic mass is 10.2. The molecule has 1 aromatic carbocycles. The Hall–Kier alpha value is -2.67. The van der Waals surface area contributed by atoms with Crippen molar-refractivity contribution in [1.82, 2.24) is 10.2 Å². The Morgan fingerprint density at radius 1 is 1.24 bits per heavy atom. The fraction of sp³-hybridized carbons (Fsp3) is 0.389. The molecule has 2 rings (SSSR count). The molecule has 1 heterocycles. The van der Waals surface area contributed by atoms with Gasteiger partial charge in [-0.1, -0.05) is 6.07 Å². The normalized spacial score (nSPS) is 12.9. The number of nitrogens with zero attached hydrogens (tertiary/aromatic N) is 2. The van der Waals surface area contributed by atoms with Gasteiger partial charge in [-0.15, -0.1) is 0 Å². The molecular formula is C18H26N4O3. The maximum absolute atomic E-state index is 5.98. The maximum atomic E-state index is 5.98. The number of aliphatic imine (C=N–C) groups is 1. The van der Waals surface area contributed by atoms with E-state index in [2.05, 4.69) is 15.2 Å². The van der Waals surface area contributed by atoms with Crippen molar-refractivity contribution in [2.24, 2.45) is 10.7 Å². The molecular weight excluding hydrogens is 320 g/mol. The average molecular weight is 346 g/mol. The van der Waals surface area contributed by atoms with Crippen molar-refractivity contribution in [3.05, 3.63) is 47.9 Å². The Labute approximate surface area is 148 Å². The van der Waals surface area contributed by atoms with Crippen LogP contribution in [-0.4, -0.2) is 45.7 Å². The quantitative estimate of drug-likeness (QED) is 0.562. The Bertz CT molecular complexity index is 684. The number of guanidine groups is 1. The Morgan fingerprint density at radius 2 is 2.00 bits per heavy atom. The Balaban J connectivity index is 1.95. The molecule has 2 aromatic rings. The van der Waals surface area contributed by atoms with Crippen LogP contribution in [0.5, 0.6) is 11.5 Å². The second-order valence-corrected chi connectivity index (χ2v) is 5.77. The number of hydrogen-bond donors (Lipinski definition) is 2. The summed E-state index contributed by atoms with van der Waals surface area (Å²) in [5.41, 5.74) is 6.97. The van der Waals surface area contributed by atoms with Crippen LogP contribution in [0.15, 0.2) is 46.0 Å². The molecule has 7 nitrogen and oxygen atoms in total. The van der Waals surface area contributed by atoms with E-state index in [1.807, 2.05) is 44.4 Å². The highest BCUT2D eigenvalue weighted by molar-refractivity contribution is 5.77. The molecule has 0 radical (unpaired) electrons. The van der Waals surface area contributed by atoms with Crippen LogP contribution < -0.4 is 20.5 Å². The van der Waals surface area contributed by atoms with Crippen LogP contribution in [0.4, 0.5) is 0 Å². The molecule has 7 heteroatoms. The molecule has 0 saturated carbocycles. The van der Waals surface area contributed by atoms with Gasteiger partial charge in [0.25, 0.3) is 0 Å². The topological polar surface area (TPSA) is 85.2 Å². The number of nitrogens with two attached hydrogens (primary N) is 1. The average Bonchev–Trinajstić information content (AvgIpc) is 3.13. The van der Waals surface area contributed by atoms with Crippen molar-refractivity contribution in [3.8, 4) is 11.5 Å². The van der Waals surface area contributed by atoms with Crippen LogP contribution in [0.3, 0.4) is 0 Å². The van der Waals surface area contributed by atoms with E-state index in [0.29, 0.717) is 30.5 Å². The molecule has 3 N–H and O–H groups in total. The van der Waals surface area contributed by atoms with Crippen molar-refractivity contribution in [2.75, 3.05) is 34.9 Å². The zero-order valence-corrected chi connectivity index (χ0v) is 15.2. The molecule has 1 atom stereocenters. The summed E-state index contributed by atoms with van der Waals surface area (Å²) < 4.78 is 16.0. The molecule has 0 fully saturated rings. The fourth-order valence-corrected chi connectivity index (χ4v) is 2.43. The predicted octanol–water partition coefficient (Wildman–Crippen LogP) is 2.00. The highest BCUT2D eigenvalue weighted by Gasteiger charge is 2.16. The number of furan rings is 1. The van der Waals surface area contributed by atoms with Gasteiger partial charge < -0.3 is 24.9 Å². The van der Waals surface area contributed by atoms with Gasteiger partial charge in [0.2, 0.25) is 0 Å². The predicted molar refractivity (Wildman–Crippen MR) is 98.0 cm³/mol. The lowest BCUT2D eigenvalue weighted by Gasteiger charge is -2.22. The van der Waals surface area contributed by atoms with E-state index >= 15 is 0 Å². The van der Waals surface area contributed by atoms with Crippen molar-refractivity contribution in [3.63, 3.8) is 0 Å². The third kappa shape index (κ3) is 5.15. The molecule has 0 spiro atoms. The third-order valence-corrected chi connectivity index (χ3v) is 3.85.